The largest absolute Gasteiger partial charge is 0.573 e. The fraction of sp³-hybridized carbons (Fsp3) is 0.286. The zero-order valence-electron chi connectivity index (χ0n) is 7.39. The minimum absolute atomic E-state index is 0.0589. The van der Waals surface area contributed by atoms with Gasteiger partial charge in [0.05, 0.1) is 11.4 Å². The summed E-state index contributed by atoms with van der Waals surface area (Å²) in [7, 11) is 0. The maximum Gasteiger partial charge on any atom is 0.573 e. The van der Waals surface area contributed by atoms with E-state index in [9.17, 15) is 18.0 Å². The first-order valence-corrected chi connectivity index (χ1v) is 3.81. The average Bonchev–Trinajstić information content (AvgIpc) is 2.08. The number of aromatic nitrogens is 1. The van der Waals surface area contributed by atoms with Crippen LogP contribution in [-0.4, -0.2) is 11.3 Å². The molecule has 1 aromatic rings. The van der Waals surface area contributed by atoms with E-state index in [2.05, 4.69) is 9.72 Å². The van der Waals surface area contributed by atoms with Crippen LogP contribution in [0.15, 0.2) is 10.9 Å². The predicted molar refractivity (Wildman–Crippen MR) is 46.0 cm³/mol. The summed E-state index contributed by atoms with van der Waals surface area (Å²) < 4.78 is 38.8. The Hall–Kier alpha value is -1.70. The van der Waals surface area contributed by atoms with Gasteiger partial charge in [0.25, 0.3) is 5.56 Å². The fourth-order valence-electron chi connectivity index (χ4n) is 0.934. The third kappa shape index (κ3) is 2.88. The quantitative estimate of drug-likeness (QED) is 0.672. The highest BCUT2D eigenvalue weighted by atomic mass is 19.4. The minimum atomic E-state index is -4.93. The number of aromatic amines is 1. The van der Waals surface area contributed by atoms with Crippen LogP contribution in [0.25, 0.3) is 0 Å². The maximum absolute atomic E-state index is 11.8. The van der Waals surface area contributed by atoms with Crippen LogP contribution in [0.2, 0.25) is 0 Å². The van der Waals surface area contributed by atoms with E-state index in [1.807, 2.05) is 0 Å². The molecular formula is C7H8F3N3O2. The second kappa shape index (κ2) is 3.81. The van der Waals surface area contributed by atoms with E-state index >= 15 is 0 Å². The number of halogens is 3. The zero-order chi connectivity index (χ0) is 11.6. The maximum atomic E-state index is 11.8. The molecule has 0 bridgehead atoms. The van der Waals surface area contributed by atoms with Gasteiger partial charge in [0.15, 0.2) is 5.75 Å². The van der Waals surface area contributed by atoms with Gasteiger partial charge in [-0.2, -0.15) is 0 Å². The third-order valence-electron chi connectivity index (χ3n) is 1.55. The number of pyridine rings is 1. The van der Waals surface area contributed by atoms with Crippen molar-refractivity contribution >= 4 is 5.69 Å². The Balaban J connectivity index is 3.12. The number of anilines is 1. The summed E-state index contributed by atoms with van der Waals surface area (Å²) in [6.07, 6.45) is -4.93. The lowest BCUT2D eigenvalue weighted by Crippen LogP contribution is -2.24. The molecule has 1 rings (SSSR count). The molecule has 0 saturated heterocycles. The molecular weight excluding hydrogens is 215 g/mol. The van der Waals surface area contributed by atoms with Gasteiger partial charge in [-0.25, -0.2) is 0 Å². The zero-order valence-corrected chi connectivity index (χ0v) is 7.39. The van der Waals surface area contributed by atoms with Crippen LogP contribution in [0.1, 0.15) is 5.69 Å². The van der Waals surface area contributed by atoms with Gasteiger partial charge in [-0.05, 0) is 0 Å². The van der Waals surface area contributed by atoms with Crippen molar-refractivity contribution in [3.8, 4) is 5.75 Å². The Bertz CT molecular complexity index is 413. The Labute approximate surface area is 81.8 Å². The highest BCUT2D eigenvalue weighted by molar-refractivity contribution is 5.46. The van der Waals surface area contributed by atoms with Crippen LogP contribution in [0.3, 0.4) is 0 Å². The fourth-order valence-corrected chi connectivity index (χ4v) is 0.934. The smallest absolute Gasteiger partial charge is 0.400 e. The van der Waals surface area contributed by atoms with Crippen molar-refractivity contribution in [1.29, 1.82) is 0 Å². The Morgan fingerprint density at radius 1 is 1.47 bits per heavy atom. The summed E-state index contributed by atoms with van der Waals surface area (Å²) >= 11 is 0. The van der Waals surface area contributed by atoms with Crippen molar-refractivity contribution in [3.05, 3.63) is 22.1 Å². The summed E-state index contributed by atoms with van der Waals surface area (Å²) in [4.78, 5) is 13.1. The normalized spacial score (nSPS) is 11.5. The molecule has 15 heavy (non-hydrogen) atoms. The van der Waals surface area contributed by atoms with E-state index in [4.69, 9.17) is 11.5 Å². The van der Waals surface area contributed by atoms with Gasteiger partial charge in [-0.1, -0.05) is 0 Å². The van der Waals surface area contributed by atoms with Crippen molar-refractivity contribution < 1.29 is 17.9 Å². The van der Waals surface area contributed by atoms with Crippen molar-refractivity contribution in [2.75, 3.05) is 5.73 Å². The van der Waals surface area contributed by atoms with Gasteiger partial charge in [-0.3, -0.25) is 4.79 Å². The summed E-state index contributed by atoms with van der Waals surface area (Å²) in [6.45, 7) is -0.0760. The van der Waals surface area contributed by atoms with Gasteiger partial charge < -0.3 is 21.2 Å². The second-order valence-corrected chi connectivity index (χ2v) is 2.65. The Morgan fingerprint density at radius 2 is 2.07 bits per heavy atom. The number of hydrogen-bond acceptors (Lipinski definition) is 4. The molecule has 0 aromatic carbocycles. The predicted octanol–water partition coefficient (Wildman–Crippen LogP) is 0.314. The molecule has 0 spiro atoms. The van der Waals surface area contributed by atoms with Crippen LogP contribution < -0.4 is 21.8 Å². The van der Waals surface area contributed by atoms with Gasteiger partial charge in [-0.15, -0.1) is 13.2 Å². The molecule has 0 unspecified atom stereocenters. The number of alkyl halides is 3. The summed E-state index contributed by atoms with van der Waals surface area (Å²) in [5.41, 5.74) is 9.58. The van der Waals surface area contributed by atoms with Crippen LogP contribution in [0.5, 0.6) is 5.75 Å². The van der Waals surface area contributed by atoms with Gasteiger partial charge in [0, 0.05) is 12.6 Å². The van der Waals surface area contributed by atoms with E-state index in [-0.39, 0.29) is 17.9 Å². The van der Waals surface area contributed by atoms with E-state index in [0.717, 1.165) is 6.07 Å². The first-order chi connectivity index (χ1) is 6.83. The molecule has 0 saturated carbocycles. The van der Waals surface area contributed by atoms with E-state index in [0.29, 0.717) is 0 Å². The first-order valence-electron chi connectivity index (χ1n) is 3.81. The lowest BCUT2D eigenvalue weighted by atomic mass is 10.3. The van der Waals surface area contributed by atoms with E-state index < -0.39 is 17.7 Å². The number of nitrogens with two attached hydrogens (primary N) is 2. The molecule has 8 heteroatoms. The molecule has 0 fully saturated rings. The molecule has 5 nitrogen and oxygen atoms in total. The molecule has 1 aromatic heterocycles. The van der Waals surface area contributed by atoms with Crippen LogP contribution in [-0.2, 0) is 6.54 Å². The Morgan fingerprint density at radius 3 is 2.53 bits per heavy atom. The first kappa shape index (κ1) is 11.4. The molecule has 5 N–H and O–H groups in total. The lowest BCUT2D eigenvalue weighted by molar-refractivity contribution is -0.275. The van der Waals surface area contributed by atoms with Crippen molar-refractivity contribution in [3.63, 3.8) is 0 Å². The van der Waals surface area contributed by atoms with Crippen LogP contribution >= 0.6 is 0 Å². The standard InChI is InChI=1S/C7H8F3N3O2/c8-7(9,10)15-5-1-3(12)4(2-11)13-6(5)14/h1H,2,11-12H2,(H,13,14). The number of rotatable bonds is 2. The van der Waals surface area contributed by atoms with Gasteiger partial charge >= 0.3 is 6.36 Å². The topological polar surface area (TPSA) is 94.1 Å². The molecule has 84 valence electrons. The Kier molecular flexibility index (Phi) is 2.89. The summed E-state index contributed by atoms with van der Waals surface area (Å²) in [6, 6.07) is 0.786. The molecule has 1 heterocycles. The SMILES string of the molecule is NCc1[nH]c(=O)c(OC(F)(F)F)cc1N. The molecule has 0 aliphatic rings. The third-order valence-corrected chi connectivity index (χ3v) is 1.55. The number of ether oxygens (including phenoxy) is 1. The molecule has 0 radical (unpaired) electrons. The van der Waals surface area contributed by atoms with Crippen molar-refractivity contribution in [2.24, 2.45) is 5.73 Å². The highest BCUT2D eigenvalue weighted by Gasteiger charge is 2.32. The highest BCUT2D eigenvalue weighted by Crippen LogP contribution is 2.21. The number of nitrogen functional groups attached to an aromatic ring is 1. The summed E-state index contributed by atoms with van der Waals surface area (Å²) in [5.74, 6) is -0.905. The van der Waals surface area contributed by atoms with Crippen molar-refractivity contribution in [2.45, 2.75) is 12.9 Å². The molecule has 0 aliphatic heterocycles. The summed E-state index contributed by atoms with van der Waals surface area (Å²) in [5, 5.41) is 0. The number of hydrogen-bond donors (Lipinski definition) is 3. The average molecular weight is 223 g/mol. The molecule has 0 atom stereocenters. The molecule has 0 amide bonds. The monoisotopic (exact) mass is 223 g/mol. The van der Waals surface area contributed by atoms with E-state index in [1.165, 1.54) is 0 Å². The number of nitrogens with one attached hydrogen (secondary N) is 1. The van der Waals surface area contributed by atoms with Crippen LogP contribution in [0, 0.1) is 0 Å². The van der Waals surface area contributed by atoms with Crippen LogP contribution in [0.4, 0.5) is 18.9 Å². The number of H-pyrrole nitrogens is 1. The lowest BCUT2D eigenvalue weighted by Gasteiger charge is -2.09. The molecule has 0 aliphatic carbocycles. The van der Waals surface area contributed by atoms with Gasteiger partial charge in [0.1, 0.15) is 0 Å². The van der Waals surface area contributed by atoms with Crippen molar-refractivity contribution in [1.82, 2.24) is 4.98 Å². The second-order valence-electron chi connectivity index (χ2n) is 2.65. The minimum Gasteiger partial charge on any atom is -0.400 e. The van der Waals surface area contributed by atoms with E-state index in [1.54, 1.807) is 0 Å². The van der Waals surface area contributed by atoms with Gasteiger partial charge in [0.2, 0.25) is 0 Å².